The molecule has 2 fully saturated rings. The zero-order valence-electron chi connectivity index (χ0n) is 15.9. The summed E-state index contributed by atoms with van der Waals surface area (Å²) in [7, 11) is 1.92. The molecule has 1 saturated heterocycles. The van der Waals surface area contributed by atoms with Gasteiger partial charge < -0.3 is 15.1 Å². The molecule has 1 N–H and O–H groups in total. The van der Waals surface area contributed by atoms with Crippen molar-refractivity contribution in [3.05, 3.63) is 29.8 Å². The van der Waals surface area contributed by atoms with Gasteiger partial charge in [-0.05, 0) is 37.0 Å². The Morgan fingerprint density at radius 1 is 1.15 bits per heavy atom. The number of amides is 3. The Labute approximate surface area is 156 Å². The van der Waals surface area contributed by atoms with Gasteiger partial charge in [0.1, 0.15) is 0 Å². The van der Waals surface area contributed by atoms with E-state index >= 15 is 0 Å². The summed E-state index contributed by atoms with van der Waals surface area (Å²) in [6, 6.07) is 8.29. The minimum atomic E-state index is -0.00164. The number of hydrogen-bond acceptors (Lipinski definition) is 2. The molecular formula is C21H31N3O2. The number of carbonyl (C=O) groups is 2. The Balaban J connectivity index is 1.54. The summed E-state index contributed by atoms with van der Waals surface area (Å²) in [4.78, 5) is 28.2. The minimum absolute atomic E-state index is 0.00164. The Morgan fingerprint density at radius 2 is 1.88 bits per heavy atom. The van der Waals surface area contributed by atoms with Crippen LogP contribution in [0.2, 0.25) is 0 Å². The van der Waals surface area contributed by atoms with Crippen molar-refractivity contribution >= 4 is 17.6 Å². The van der Waals surface area contributed by atoms with Crippen LogP contribution in [0.25, 0.3) is 0 Å². The van der Waals surface area contributed by atoms with E-state index in [1.807, 2.05) is 41.1 Å². The highest BCUT2D eigenvalue weighted by Gasteiger charge is 2.22. The number of anilines is 1. The van der Waals surface area contributed by atoms with Gasteiger partial charge in [-0.3, -0.25) is 4.79 Å². The molecule has 1 aromatic carbocycles. The van der Waals surface area contributed by atoms with Crippen LogP contribution in [-0.2, 0) is 11.3 Å². The van der Waals surface area contributed by atoms with Crippen molar-refractivity contribution < 1.29 is 9.59 Å². The van der Waals surface area contributed by atoms with E-state index in [1.165, 1.54) is 32.1 Å². The van der Waals surface area contributed by atoms with Crippen molar-refractivity contribution in [1.29, 1.82) is 0 Å². The van der Waals surface area contributed by atoms with E-state index in [9.17, 15) is 9.59 Å². The molecule has 2 aliphatic rings. The van der Waals surface area contributed by atoms with Gasteiger partial charge in [0.2, 0.25) is 5.91 Å². The fourth-order valence-electron chi connectivity index (χ4n) is 4.05. The van der Waals surface area contributed by atoms with E-state index in [0.717, 1.165) is 37.1 Å². The van der Waals surface area contributed by atoms with Gasteiger partial charge >= 0.3 is 6.03 Å². The molecular weight excluding hydrogens is 326 g/mol. The molecule has 0 bridgehead atoms. The van der Waals surface area contributed by atoms with Crippen molar-refractivity contribution in [1.82, 2.24) is 10.2 Å². The maximum Gasteiger partial charge on any atom is 0.317 e. The summed E-state index contributed by atoms with van der Waals surface area (Å²) in [6.45, 7) is 1.28. The number of rotatable bonds is 4. The van der Waals surface area contributed by atoms with Crippen molar-refractivity contribution in [3.8, 4) is 0 Å². The van der Waals surface area contributed by atoms with Crippen molar-refractivity contribution in [2.45, 2.75) is 70.4 Å². The molecule has 5 heteroatoms. The van der Waals surface area contributed by atoms with Crippen LogP contribution in [0.5, 0.6) is 0 Å². The van der Waals surface area contributed by atoms with Crippen molar-refractivity contribution in [2.24, 2.45) is 0 Å². The molecule has 1 aliphatic carbocycles. The lowest BCUT2D eigenvalue weighted by atomic mass is 9.96. The van der Waals surface area contributed by atoms with Crippen LogP contribution in [0.3, 0.4) is 0 Å². The second-order valence-electron chi connectivity index (χ2n) is 7.59. The first-order valence-corrected chi connectivity index (χ1v) is 10.0. The lowest BCUT2D eigenvalue weighted by Gasteiger charge is -2.30. The molecule has 3 amide bonds. The van der Waals surface area contributed by atoms with Gasteiger partial charge in [0.05, 0.1) is 0 Å². The summed E-state index contributed by atoms with van der Waals surface area (Å²) < 4.78 is 0. The van der Waals surface area contributed by atoms with E-state index in [2.05, 4.69) is 5.32 Å². The zero-order valence-corrected chi connectivity index (χ0v) is 15.9. The molecule has 0 atom stereocenters. The number of carbonyl (C=O) groups excluding carboxylic acids is 2. The van der Waals surface area contributed by atoms with Gasteiger partial charge in [-0.25, -0.2) is 4.79 Å². The van der Waals surface area contributed by atoms with Gasteiger partial charge in [-0.15, -0.1) is 0 Å². The minimum Gasteiger partial charge on any atom is -0.334 e. The molecule has 0 aromatic heterocycles. The Kier molecular flexibility index (Phi) is 6.53. The third-order valence-electron chi connectivity index (χ3n) is 5.68. The van der Waals surface area contributed by atoms with Crippen LogP contribution in [0.15, 0.2) is 24.3 Å². The lowest BCUT2D eigenvalue weighted by Crippen LogP contribution is -2.43. The third-order valence-corrected chi connectivity index (χ3v) is 5.68. The number of nitrogens with one attached hydrogen (secondary N) is 1. The highest BCUT2D eigenvalue weighted by atomic mass is 16.2. The number of nitrogens with zero attached hydrogens (tertiary/aromatic N) is 2. The van der Waals surface area contributed by atoms with E-state index in [4.69, 9.17) is 0 Å². The molecule has 0 unspecified atom stereocenters. The van der Waals surface area contributed by atoms with Gasteiger partial charge in [0.25, 0.3) is 0 Å². The molecule has 3 rings (SSSR count). The summed E-state index contributed by atoms with van der Waals surface area (Å²) in [5.41, 5.74) is 1.97. The molecule has 0 radical (unpaired) electrons. The van der Waals surface area contributed by atoms with Crippen LogP contribution < -0.4 is 10.2 Å². The zero-order chi connectivity index (χ0) is 18.4. The van der Waals surface area contributed by atoms with Gasteiger partial charge in [-0.2, -0.15) is 0 Å². The monoisotopic (exact) mass is 357 g/mol. The summed E-state index contributed by atoms with van der Waals surface area (Å²) >= 11 is 0. The molecule has 5 nitrogen and oxygen atoms in total. The standard InChI is InChI=1S/C21H31N3O2/c1-23(18-10-5-3-2-4-6-11-18)21(26)22-16-17-9-7-12-19(15-17)24-14-8-13-20(24)25/h7,9,12,15,18H,2-6,8,10-11,13-14,16H2,1H3,(H,22,26). The summed E-state index contributed by atoms with van der Waals surface area (Å²) in [6.07, 6.45) is 10.1. The fraction of sp³-hybridized carbons (Fsp3) is 0.619. The summed E-state index contributed by atoms with van der Waals surface area (Å²) in [5, 5.41) is 3.04. The highest BCUT2D eigenvalue weighted by Crippen LogP contribution is 2.23. The van der Waals surface area contributed by atoms with Crippen LogP contribution in [0.1, 0.15) is 63.4 Å². The summed E-state index contributed by atoms with van der Waals surface area (Å²) in [5.74, 6) is 0.190. The largest absolute Gasteiger partial charge is 0.334 e. The van der Waals surface area contributed by atoms with E-state index in [-0.39, 0.29) is 11.9 Å². The van der Waals surface area contributed by atoms with Crippen LogP contribution >= 0.6 is 0 Å². The highest BCUT2D eigenvalue weighted by molar-refractivity contribution is 5.95. The normalized spacial score (nSPS) is 19.1. The smallest absolute Gasteiger partial charge is 0.317 e. The second kappa shape index (κ2) is 9.06. The number of benzene rings is 1. The first kappa shape index (κ1) is 18.7. The first-order valence-electron chi connectivity index (χ1n) is 10.0. The first-order chi connectivity index (χ1) is 12.6. The van der Waals surface area contributed by atoms with Gasteiger partial charge in [-0.1, -0.05) is 44.2 Å². The molecule has 1 aromatic rings. The topological polar surface area (TPSA) is 52.7 Å². The van der Waals surface area contributed by atoms with Gasteiger partial charge in [0, 0.05) is 38.3 Å². The Morgan fingerprint density at radius 3 is 2.58 bits per heavy atom. The molecule has 0 spiro atoms. The molecule has 26 heavy (non-hydrogen) atoms. The maximum atomic E-state index is 12.6. The quantitative estimate of drug-likeness (QED) is 0.883. The molecule has 142 valence electrons. The third kappa shape index (κ3) is 4.77. The number of urea groups is 1. The Hall–Kier alpha value is -2.04. The maximum absolute atomic E-state index is 12.6. The van der Waals surface area contributed by atoms with E-state index in [1.54, 1.807) is 0 Å². The van der Waals surface area contributed by atoms with Crippen LogP contribution in [0, 0.1) is 0 Å². The molecule has 1 aliphatic heterocycles. The predicted molar refractivity (Wildman–Crippen MR) is 104 cm³/mol. The molecule has 1 saturated carbocycles. The average molecular weight is 357 g/mol. The number of hydrogen-bond donors (Lipinski definition) is 1. The van der Waals surface area contributed by atoms with Crippen molar-refractivity contribution in [3.63, 3.8) is 0 Å². The lowest BCUT2D eigenvalue weighted by molar-refractivity contribution is -0.117. The van der Waals surface area contributed by atoms with Crippen LogP contribution in [0.4, 0.5) is 10.5 Å². The Bertz CT molecular complexity index is 623. The average Bonchev–Trinajstić information content (AvgIpc) is 3.05. The predicted octanol–water partition coefficient (Wildman–Crippen LogP) is 4.07. The molecule has 1 heterocycles. The van der Waals surface area contributed by atoms with Crippen LogP contribution in [-0.4, -0.2) is 36.5 Å². The second-order valence-corrected chi connectivity index (χ2v) is 7.59. The fourth-order valence-corrected chi connectivity index (χ4v) is 4.05. The van der Waals surface area contributed by atoms with E-state index < -0.39 is 0 Å². The van der Waals surface area contributed by atoms with Crippen molar-refractivity contribution in [2.75, 3.05) is 18.5 Å². The van der Waals surface area contributed by atoms with E-state index in [0.29, 0.717) is 19.0 Å². The SMILES string of the molecule is CN(C(=O)NCc1cccc(N2CCCC2=O)c1)C1CCCCCCC1. The van der Waals surface area contributed by atoms with Gasteiger partial charge in [0.15, 0.2) is 0 Å².